The summed E-state index contributed by atoms with van der Waals surface area (Å²) >= 11 is 0. The number of benzene rings is 1. The van der Waals surface area contributed by atoms with Gasteiger partial charge in [-0.05, 0) is 56.1 Å². The van der Waals surface area contributed by atoms with Gasteiger partial charge in [0.1, 0.15) is 0 Å². The summed E-state index contributed by atoms with van der Waals surface area (Å²) in [4.78, 5) is 2.47. The van der Waals surface area contributed by atoms with Gasteiger partial charge in [-0.1, -0.05) is 13.3 Å². The average Bonchev–Trinajstić information content (AvgIpc) is 2.45. The molecule has 1 aliphatic heterocycles. The second-order valence-corrected chi connectivity index (χ2v) is 5.97. The zero-order chi connectivity index (χ0) is 15.2. The van der Waals surface area contributed by atoms with E-state index in [9.17, 15) is 13.2 Å². The molecule has 0 amide bonds. The molecule has 21 heavy (non-hydrogen) atoms. The third kappa shape index (κ3) is 5.00. The van der Waals surface area contributed by atoms with Crippen molar-refractivity contribution in [1.29, 1.82) is 0 Å². The van der Waals surface area contributed by atoms with Crippen molar-refractivity contribution in [2.45, 2.75) is 32.7 Å². The molecule has 2 rings (SSSR count). The van der Waals surface area contributed by atoms with Crippen LogP contribution < -0.4 is 5.32 Å². The lowest BCUT2D eigenvalue weighted by Crippen LogP contribution is -2.36. The Hall–Kier alpha value is -1.07. The lowest BCUT2D eigenvalue weighted by Gasteiger charge is -2.29. The van der Waals surface area contributed by atoms with Crippen LogP contribution in [0.1, 0.15) is 31.7 Å². The summed E-state index contributed by atoms with van der Waals surface area (Å²) < 4.78 is 39.0. The zero-order valence-electron chi connectivity index (χ0n) is 12.5. The number of nitrogens with one attached hydrogen (secondary N) is 1. The molecule has 118 valence electrons. The molecule has 1 fully saturated rings. The number of halogens is 3. The summed E-state index contributed by atoms with van der Waals surface area (Å²) in [7, 11) is 0. The maximum atomic E-state index is 13.1. The quantitative estimate of drug-likeness (QED) is 0.811. The van der Waals surface area contributed by atoms with E-state index < -0.39 is 17.5 Å². The predicted octanol–water partition coefficient (Wildman–Crippen LogP) is 3.32. The number of nitrogens with zero attached hydrogens (tertiary/aromatic N) is 1. The lowest BCUT2D eigenvalue weighted by atomic mass is 10.1. The maximum Gasteiger partial charge on any atom is 0.194 e. The van der Waals surface area contributed by atoms with E-state index in [1.54, 1.807) is 0 Å². The van der Waals surface area contributed by atoms with E-state index in [1.165, 1.54) is 32.4 Å². The number of piperidine rings is 1. The molecule has 0 aliphatic carbocycles. The molecule has 0 radical (unpaired) electrons. The fourth-order valence-electron chi connectivity index (χ4n) is 2.82. The van der Waals surface area contributed by atoms with Crippen LogP contribution >= 0.6 is 0 Å². The number of likely N-dealkylation sites (tertiary alicyclic amines) is 1. The molecule has 1 unspecified atom stereocenters. The van der Waals surface area contributed by atoms with Crippen LogP contribution in [0.25, 0.3) is 0 Å². The molecule has 1 N–H and O–H groups in total. The third-order valence-corrected chi connectivity index (χ3v) is 3.88. The summed E-state index contributed by atoms with van der Waals surface area (Å²) in [5.41, 5.74) is 0.427. The molecule has 1 aliphatic rings. The number of rotatable bonds is 6. The van der Waals surface area contributed by atoms with Crippen molar-refractivity contribution in [1.82, 2.24) is 10.2 Å². The first-order valence-corrected chi connectivity index (χ1v) is 7.62. The van der Waals surface area contributed by atoms with Crippen LogP contribution in [0, 0.1) is 23.4 Å². The summed E-state index contributed by atoms with van der Waals surface area (Å²) in [6.07, 6.45) is 3.87. The summed E-state index contributed by atoms with van der Waals surface area (Å²) in [5.74, 6) is -3.20. The van der Waals surface area contributed by atoms with Gasteiger partial charge < -0.3 is 10.2 Å². The van der Waals surface area contributed by atoms with E-state index in [1.807, 2.05) is 0 Å². The molecule has 5 heteroatoms. The normalized spacial score (nSPS) is 17.9. The van der Waals surface area contributed by atoms with E-state index in [2.05, 4.69) is 17.1 Å². The largest absolute Gasteiger partial charge is 0.312 e. The van der Waals surface area contributed by atoms with E-state index >= 15 is 0 Å². The highest BCUT2D eigenvalue weighted by Gasteiger charge is 2.14. The van der Waals surface area contributed by atoms with Gasteiger partial charge in [0.2, 0.25) is 0 Å². The van der Waals surface area contributed by atoms with Crippen molar-refractivity contribution < 1.29 is 13.2 Å². The van der Waals surface area contributed by atoms with Crippen molar-refractivity contribution in [2.24, 2.45) is 5.92 Å². The molecular formula is C16H23F3N2. The molecule has 1 aromatic carbocycles. The highest BCUT2D eigenvalue weighted by Crippen LogP contribution is 2.14. The minimum atomic E-state index is -1.41. The van der Waals surface area contributed by atoms with Crippen molar-refractivity contribution in [3.8, 4) is 0 Å². The molecule has 0 aromatic heterocycles. The predicted molar refractivity (Wildman–Crippen MR) is 77.5 cm³/mol. The fourth-order valence-corrected chi connectivity index (χ4v) is 2.82. The van der Waals surface area contributed by atoms with Crippen molar-refractivity contribution in [2.75, 3.05) is 26.2 Å². The highest BCUT2D eigenvalue weighted by atomic mass is 19.2. The Balaban J connectivity index is 1.73. The molecular weight excluding hydrogens is 277 g/mol. The van der Waals surface area contributed by atoms with Gasteiger partial charge >= 0.3 is 0 Å². The SMILES string of the molecule is CC(CNCc1cc(F)c(F)c(F)c1)CN1CCCCC1. The monoisotopic (exact) mass is 300 g/mol. The van der Waals surface area contributed by atoms with Gasteiger partial charge in [0.05, 0.1) is 0 Å². The van der Waals surface area contributed by atoms with Crippen molar-refractivity contribution in [3.63, 3.8) is 0 Å². The molecule has 1 atom stereocenters. The minimum absolute atomic E-state index is 0.346. The highest BCUT2D eigenvalue weighted by molar-refractivity contribution is 5.19. The Morgan fingerprint density at radius 3 is 2.33 bits per heavy atom. The first-order valence-electron chi connectivity index (χ1n) is 7.62. The molecule has 0 bridgehead atoms. The smallest absolute Gasteiger partial charge is 0.194 e. The lowest BCUT2D eigenvalue weighted by molar-refractivity contribution is 0.199. The molecule has 2 nitrogen and oxygen atoms in total. The number of hydrogen-bond acceptors (Lipinski definition) is 2. The van der Waals surface area contributed by atoms with Crippen LogP contribution in [0.15, 0.2) is 12.1 Å². The standard InChI is InChI=1S/C16H23F3N2/c1-12(11-21-5-3-2-4-6-21)9-20-10-13-7-14(17)16(19)15(18)8-13/h7-8,12,20H,2-6,9-11H2,1H3. The van der Waals surface area contributed by atoms with E-state index in [-0.39, 0.29) is 0 Å². The minimum Gasteiger partial charge on any atom is -0.312 e. The first-order chi connectivity index (χ1) is 10.1. The van der Waals surface area contributed by atoms with Gasteiger partial charge in [-0.15, -0.1) is 0 Å². The topological polar surface area (TPSA) is 15.3 Å². The Labute approximate surface area is 124 Å². The van der Waals surface area contributed by atoms with Crippen LogP contribution in [0.2, 0.25) is 0 Å². The van der Waals surface area contributed by atoms with Gasteiger partial charge in [-0.2, -0.15) is 0 Å². The maximum absolute atomic E-state index is 13.1. The summed E-state index contributed by atoms with van der Waals surface area (Å²) in [6.45, 7) is 6.65. The molecule has 1 saturated heterocycles. The fraction of sp³-hybridized carbons (Fsp3) is 0.625. The molecule has 0 saturated carbocycles. The Bertz CT molecular complexity index is 436. The van der Waals surface area contributed by atoms with Crippen LogP contribution in [0.4, 0.5) is 13.2 Å². The first kappa shape index (κ1) is 16.3. The van der Waals surface area contributed by atoms with Gasteiger partial charge in [0.15, 0.2) is 17.5 Å². The molecule has 0 spiro atoms. The van der Waals surface area contributed by atoms with Crippen LogP contribution in [-0.2, 0) is 6.54 Å². The van der Waals surface area contributed by atoms with E-state index in [0.717, 1.165) is 25.2 Å². The molecule has 1 aromatic rings. The summed E-state index contributed by atoms with van der Waals surface area (Å²) in [5, 5.41) is 3.18. The van der Waals surface area contributed by atoms with Crippen LogP contribution in [-0.4, -0.2) is 31.1 Å². The molecule has 1 heterocycles. The third-order valence-electron chi connectivity index (χ3n) is 3.88. The van der Waals surface area contributed by atoms with Crippen LogP contribution in [0.3, 0.4) is 0 Å². The zero-order valence-corrected chi connectivity index (χ0v) is 12.5. The summed E-state index contributed by atoms with van der Waals surface area (Å²) in [6, 6.07) is 2.08. The second-order valence-electron chi connectivity index (χ2n) is 5.97. The van der Waals surface area contributed by atoms with Gasteiger partial charge in [0.25, 0.3) is 0 Å². The van der Waals surface area contributed by atoms with E-state index in [0.29, 0.717) is 18.0 Å². The Kier molecular flexibility index (Phi) is 6.06. The van der Waals surface area contributed by atoms with Gasteiger partial charge in [0, 0.05) is 13.1 Å². The van der Waals surface area contributed by atoms with Crippen molar-refractivity contribution >= 4 is 0 Å². The average molecular weight is 300 g/mol. The van der Waals surface area contributed by atoms with E-state index in [4.69, 9.17) is 0 Å². The Morgan fingerprint density at radius 2 is 1.71 bits per heavy atom. The van der Waals surface area contributed by atoms with Gasteiger partial charge in [-0.3, -0.25) is 0 Å². The Morgan fingerprint density at radius 1 is 1.10 bits per heavy atom. The van der Waals surface area contributed by atoms with Gasteiger partial charge in [-0.25, -0.2) is 13.2 Å². The number of hydrogen-bond donors (Lipinski definition) is 1. The van der Waals surface area contributed by atoms with Crippen molar-refractivity contribution in [3.05, 3.63) is 35.1 Å². The van der Waals surface area contributed by atoms with Crippen LogP contribution in [0.5, 0.6) is 0 Å². The second kappa shape index (κ2) is 7.80.